The van der Waals surface area contributed by atoms with Gasteiger partial charge in [-0.15, -0.1) is 0 Å². The normalized spacial score (nSPS) is 13.7. The molecule has 458 valence electrons. The van der Waals surface area contributed by atoms with E-state index in [1.54, 1.807) is 0 Å². The van der Waals surface area contributed by atoms with E-state index in [4.69, 9.17) is 18.9 Å². The summed E-state index contributed by atoms with van der Waals surface area (Å²) in [6.07, 6.45) is 86.5. The van der Waals surface area contributed by atoms with Crippen molar-refractivity contribution in [1.82, 2.24) is 0 Å². The number of allylic oxidation sites excluding steroid dienone is 24. The van der Waals surface area contributed by atoms with Crippen LogP contribution in [0.1, 0.15) is 232 Å². The minimum atomic E-state index is -1.53. The number of likely N-dealkylation sites (N-methyl/N-ethyl adjacent to an activating group) is 1. The first-order valence-corrected chi connectivity index (χ1v) is 32.0. The molecule has 2 atom stereocenters. The Bertz CT molecular complexity index is 1840. The Balaban J connectivity index is 4.34. The topological polar surface area (TPSA) is 108 Å². The zero-order valence-electron chi connectivity index (χ0n) is 52.1. The van der Waals surface area contributed by atoms with Crippen LogP contribution < -0.4 is 0 Å². The van der Waals surface area contributed by atoms with E-state index in [2.05, 4.69) is 160 Å². The molecule has 0 aliphatic rings. The lowest BCUT2D eigenvalue weighted by atomic mass is 10.0. The third-order valence-electron chi connectivity index (χ3n) is 13.1. The average molecular weight is 1130 g/mol. The minimum absolute atomic E-state index is 0.171. The summed E-state index contributed by atoms with van der Waals surface area (Å²) < 4.78 is 22.9. The number of carboxylic acids is 1. The molecule has 0 aromatic rings. The molecule has 81 heavy (non-hydrogen) atoms. The highest BCUT2D eigenvalue weighted by atomic mass is 16.7. The summed E-state index contributed by atoms with van der Waals surface area (Å²) in [5.41, 5.74) is 0. The van der Waals surface area contributed by atoms with Crippen LogP contribution in [0.5, 0.6) is 0 Å². The molecule has 0 aliphatic heterocycles. The number of hydrogen-bond acceptors (Lipinski definition) is 7. The first-order valence-electron chi connectivity index (χ1n) is 32.0. The van der Waals surface area contributed by atoms with Crippen LogP contribution in [0.15, 0.2) is 146 Å². The number of quaternary nitrogens is 1. The molecule has 0 saturated heterocycles. The second-order valence-corrected chi connectivity index (χ2v) is 22.0. The Morgan fingerprint density at radius 1 is 0.383 bits per heavy atom. The average Bonchev–Trinajstić information content (AvgIpc) is 3.44. The van der Waals surface area contributed by atoms with Crippen molar-refractivity contribution in [3.63, 3.8) is 0 Å². The molecular weight excluding hydrogens is 1010 g/mol. The molecule has 9 nitrogen and oxygen atoms in total. The maximum atomic E-state index is 12.9. The van der Waals surface area contributed by atoms with Gasteiger partial charge in [0.1, 0.15) is 13.2 Å². The Labute approximate surface area is 496 Å². The van der Waals surface area contributed by atoms with Crippen molar-refractivity contribution >= 4 is 17.9 Å². The van der Waals surface area contributed by atoms with Gasteiger partial charge in [-0.25, -0.2) is 4.79 Å². The van der Waals surface area contributed by atoms with Crippen LogP contribution >= 0.6 is 0 Å². The lowest BCUT2D eigenvalue weighted by molar-refractivity contribution is -0.870. The van der Waals surface area contributed by atoms with E-state index < -0.39 is 24.3 Å². The van der Waals surface area contributed by atoms with Crippen molar-refractivity contribution in [1.29, 1.82) is 0 Å². The van der Waals surface area contributed by atoms with Crippen molar-refractivity contribution in [2.75, 3.05) is 47.5 Å². The van der Waals surface area contributed by atoms with Gasteiger partial charge in [0.15, 0.2) is 6.10 Å². The SMILES string of the molecule is CC/C=C\C/C=C\C/C=C\C/C=C\C/C=C\C/C=C\C/C=C\C/C=C\C/C=C\C/C=C\CCCCC(=O)OC(COC(=O)CCCCCCCCCCCCC/C=C\C/C=C\CCCCCCC)COC(OCC[N+](C)(C)C)C(=O)O. The fourth-order valence-electron chi connectivity index (χ4n) is 8.19. The van der Waals surface area contributed by atoms with Crippen molar-refractivity contribution in [2.24, 2.45) is 0 Å². The molecule has 0 aliphatic carbocycles. The zero-order valence-corrected chi connectivity index (χ0v) is 52.1. The fraction of sp³-hybridized carbons (Fsp3) is 0.625. The molecule has 0 radical (unpaired) electrons. The predicted octanol–water partition coefficient (Wildman–Crippen LogP) is 19.6. The molecule has 0 aromatic carbocycles. The van der Waals surface area contributed by atoms with Crippen LogP contribution in [0.25, 0.3) is 0 Å². The Kier molecular flexibility index (Phi) is 57.6. The van der Waals surface area contributed by atoms with Crippen LogP contribution in [0.3, 0.4) is 0 Å². The van der Waals surface area contributed by atoms with E-state index in [0.717, 1.165) is 103 Å². The van der Waals surface area contributed by atoms with Gasteiger partial charge >= 0.3 is 17.9 Å². The van der Waals surface area contributed by atoms with Gasteiger partial charge in [-0.1, -0.05) is 243 Å². The smallest absolute Gasteiger partial charge is 0.361 e. The second kappa shape index (κ2) is 61.2. The van der Waals surface area contributed by atoms with Gasteiger partial charge in [-0.2, -0.15) is 0 Å². The molecule has 2 unspecified atom stereocenters. The van der Waals surface area contributed by atoms with Crippen molar-refractivity contribution in [3.05, 3.63) is 146 Å². The lowest BCUT2D eigenvalue weighted by Gasteiger charge is -2.25. The number of hydrogen-bond donors (Lipinski definition) is 1. The van der Waals surface area contributed by atoms with E-state index in [1.807, 2.05) is 21.1 Å². The van der Waals surface area contributed by atoms with Crippen molar-refractivity contribution < 1.29 is 42.9 Å². The predicted molar refractivity (Wildman–Crippen MR) is 345 cm³/mol. The number of nitrogens with zero attached hydrogens (tertiary/aromatic N) is 1. The van der Waals surface area contributed by atoms with Crippen LogP contribution in [-0.4, -0.2) is 87.4 Å². The van der Waals surface area contributed by atoms with Gasteiger partial charge in [0.25, 0.3) is 6.29 Å². The fourth-order valence-corrected chi connectivity index (χ4v) is 8.19. The van der Waals surface area contributed by atoms with Gasteiger partial charge in [-0.05, 0) is 122 Å². The molecule has 0 saturated carbocycles. The summed E-state index contributed by atoms with van der Waals surface area (Å²) in [5.74, 6) is -2.08. The first kappa shape index (κ1) is 76.2. The van der Waals surface area contributed by atoms with E-state index in [-0.39, 0.29) is 38.6 Å². The number of aliphatic carboxylic acids is 1. The summed E-state index contributed by atoms with van der Waals surface area (Å²) in [6.45, 7) is 4.69. The molecule has 9 heteroatoms. The van der Waals surface area contributed by atoms with E-state index in [0.29, 0.717) is 17.4 Å². The number of carboxylic acid groups (broad SMARTS) is 1. The summed E-state index contributed by atoms with van der Waals surface area (Å²) in [6, 6.07) is 0. The van der Waals surface area contributed by atoms with Crippen molar-refractivity contribution in [2.45, 2.75) is 245 Å². The number of carbonyl (C=O) groups excluding carboxylic acids is 2. The monoisotopic (exact) mass is 1120 g/mol. The first-order chi connectivity index (χ1) is 39.6. The summed E-state index contributed by atoms with van der Waals surface area (Å²) in [5, 5.41) is 9.72. The van der Waals surface area contributed by atoms with Crippen LogP contribution in [0, 0.1) is 0 Å². The largest absolute Gasteiger partial charge is 0.477 e. The third kappa shape index (κ3) is 62.6. The molecule has 0 bridgehead atoms. The molecule has 0 rings (SSSR count). The van der Waals surface area contributed by atoms with E-state index >= 15 is 0 Å². The number of rotatable bonds is 57. The van der Waals surface area contributed by atoms with Gasteiger partial charge in [0.05, 0.1) is 34.4 Å². The molecule has 0 aromatic heterocycles. The molecular formula is C72H118NO8+. The van der Waals surface area contributed by atoms with Gasteiger partial charge in [0.2, 0.25) is 0 Å². The molecule has 0 spiro atoms. The number of unbranched alkanes of at least 4 members (excludes halogenated alkanes) is 18. The van der Waals surface area contributed by atoms with Gasteiger partial charge < -0.3 is 28.5 Å². The van der Waals surface area contributed by atoms with E-state index in [9.17, 15) is 19.5 Å². The maximum Gasteiger partial charge on any atom is 0.361 e. The van der Waals surface area contributed by atoms with Gasteiger partial charge in [-0.3, -0.25) is 9.59 Å². The number of esters is 2. The Morgan fingerprint density at radius 2 is 0.704 bits per heavy atom. The quantitative estimate of drug-likeness (QED) is 0.0211. The Morgan fingerprint density at radius 3 is 1.07 bits per heavy atom. The standard InChI is InChI=1S/C72H117NO8/c1-6-8-10-12-14-16-18-20-22-24-26-28-30-31-32-33-34-35-36-37-38-39-41-43-45-47-49-51-53-55-57-59-61-63-70(75)81-68(67-80-72(71(76)77)78-65-64-73(3,4)5)66-79-69(74)62-60-58-56-54-52-50-48-46-44-42-40-29-27-25-23-21-19-17-15-13-11-9-7-2/h8,10,14,16,19-22,25-28,31-32,34-35,37-38,41,43,47,49,53,55,68,72H,6-7,9,11-13,15,17-18,23-24,29-30,33,36,39-40,42,44-46,48,50-52,54,56-67H2,1-5H3/p+1/b10-8-,16-14-,21-19-,22-20-,27-25-,28-26-,32-31-,35-34-,38-37-,43-41-,49-47-,55-53-. The summed E-state index contributed by atoms with van der Waals surface area (Å²) >= 11 is 0. The maximum absolute atomic E-state index is 12.9. The molecule has 1 N–H and O–H groups in total. The van der Waals surface area contributed by atoms with Crippen molar-refractivity contribution in [3.8, 4) is 0 Å². The lowest BCUT2D eigenvalue weighted by Crippen LogP contribution is -2.40. The molecule has 0 amide bonds. The second-order valence-electron chi connectivity index (χ2n) is 22.0. The minimum Gasteiger partial charge on any atom is -0.477 e. The van der Waals surface area contributed by atoms with E-state index in [1.165, 1.54) is 96.3 Å². The molecule has 0 fully saturated rings. The van der Waals surface area contributed by atoms with Crippen LogP contribution in [0.2, 0.25) is 0 Å². The Hall–Kier alpha value is -4.83. The third-order valence-corrected chi connectivity index (χ3v) is 13.1. The van der Waals surface area contributed by atoms with Gasteiger partial charge in [0, 0.05) is 12.8 Å². The van der Waals surface area contributed by atoms with Crippen LogP contribution in [-0.2, 0) is 33.3 Å². The molecule has 0 heterocycles. The summed E-state index contributed by atoms with van der Waals surface area (Å²) in [4.78, 5) is 37.5. The van der Waals surface area contributed by atoms with Crippen LogP contribution in [0.4, 0.5) is 0 Å². The highest BCUT2D eigenvalue weighted by molar-refractivity contribution is 5.71. The number of ether oxygens (including phenoxy) is 4. The zero-order chi connectivity index (χ0) is 59.1. The summed E-state index contributed by atoms with van der Waals surface area (Å²) in [7, 11) is 5.95. The number of carbonyl (C=O) groups is 3. The highest BCUT2D eigenvalue weighted by Crippen LogP contribution is 2.15. The highest BCUT2D eigenvalue weighted by Gasteiger charge is 2.25.